The number of rotatable bonds is 1. The largest absolute Gasteiger partial charge is 0.508 e. The van der Waals surface area contributed by atoms with Gasteiger partial charge in [-0.25, -0.2) is 0 Å². The van der Waals surface area contributed by atoms with Crippen LogP contribution in [0.4, 0.5) is 0 Å². The van der Waals surface area contributed by atoms with E-state index in [-0.39, 0.29) is 46.7 Å². The predicted molar refractivity (Wildman–Crippen MR) is 80.7 cm³/mol. The van der Waals surface area contributed by atoms with Crippen LogP contribution >= 0.6 is 0 Å². The zero-order valence-corrected chi connectivity index (χ0v) is 12.6. The molecule has 0 saturated carbocycles. The SMILES string of the molecule is COc1cc(O)cc2c1C(=O)[C@@H]1OCc3cc(O)c(O)cc3[C@H]1O2. The molecule has 2 aliphatic heterocycles. The molecule has 0 amide bonds. The summed E-state index contributed by atoms with van der Waals surface area (Å²) in [5.74, 6) is -0.598. The number of ether oxygens (including phenoxy) is 3. The molecule has 124 valence electrons. The standard InChI is InChI=1S/C17H14O7/c1-22-12-3-8(18)4-13-14(12)15(21)17-16(24-13)9-5-11(20)10(19)2-7(9)6-23-17/h2-5,16-20H,6H2,1H3/t16-,17+/m1/s1. The number of phenolic OH excluding ortho intramolecular Hbond substituents is 3. The lowest BCUT2D eigenvalue weighted by molar-refractivity contribution is -0.0427. The average molecular weight is 330 g/mol. The number of hydrogen-bond donors (Lipinski definition) is 3. The average Bonchev–Trinajstić information content (AvgIpc) is 2.55. The number of aromatic hydroxyl groups is 3. The van der Waals surface area contributed by atoms with Crippen LogP contribution in [-0.2, 0) is 11.3 Å². The van der Waals surface area contributed by atoms with Crippen LogP contribution in [0.25, 0.3) is 0 Å². The first-order valence-electron chi connectivity index (χ1n) is 7.28. The molecule has 0 unspecified atom stereocenters. The Morgan fingerprint density at radius 3 is 2.58 bits per heavy atom. The quantitative estimate of drug-likeness (QED) is 0.687. The number of fused-ring (bicyclic) bond motifs is 4. The third-order valence-electron chi connectivity index (χ3n) is 4.27. The van der Waals surface area contributed by atoms with E-state index in [1.807, 2.05) is 0 Å². The van der Waals surface area contributed by atoms with Gasteiger partial charge in [0.05, 0.1) is 13.7 Å². The molecule has 2 aromatic carbocycles. The molecule has 0 aliphatic carbocycles. The number of Topliss-reactive ketones (excluding diaryl/α,β-unsaturated/α-hetero) is 1. The molecule has 0 aromatic heterocycles. The highest BCUT2D eigenvalue weighted by molar-refractivity contribution is 6.06. The number of hydrogen-bond acceptors (Lipinski definition) is 7. The van der Waals surface area contributed by atoms with Gasteiger partial charge in [0.25, 0.3) is 0 Å². The second kappa shape index (κ2) is 5.04. The monoisotopic (exact) mass is 330 g/mol. The van der Waals surface area contributed by atoms with Gasteiger partial charge in [-0.1, -0.05) is 0 Å². The summed E-state index contributed by atoms with van der Waals surface area (Å²) in [6.45, 7) is 0.106. The van der Waals surface area contributed by atoms with Crippen molar-refractivity contribution < 1.29 is 34.3 Å². The van der Waals surface area contributed by atoms with E-state index in [4.69, 9.17) is 14.2 Å². The Labute approximate surface area is 136 Å². The van der Waals surface area contributed by atoms with Gasteiger partial charge in [0, 0.05) is 17.7 Å². The van der Waals surface area contributed by atoms with Gasteiger partial charge < -0.3 is 29.5 Å². The molecule has 7 heteroatoms. The third kappa shape index (κ3) is 1.98. The minimum Gasteiger partial charge on any atom is -0.508 e. The molecule has 2 aromatic rings. The summed E-state index contributed by atoms with van der Waals surface area (Å²) in [6, 6.07) is 5.41. The van der Waals surface area contributed by atoms with Gasteiger partial charge in [-0.3, -0.25) is 4.79 Å². The van der Waals surface area contributed by atoms with Gasteiger partial charge in [0.2, 0.25) is 5.78 Å². The van der Waals surface area contributed by atoms with E-state index in [9.17, 15) is 20.1 Å². The molecule has 2 atom stereocenters. The van der Waals surface area contributed by atoms with Crippen molar-refractivity contribution in [2.45, 2.75) is 18.8 Å². The number of phenols is 3. The zero-order chi connectivity index (χ0) is 17.0. The number of carbonyl (C=O) groups is 1. The van der Waals surface area contributed by atoms with E-state index in [1.54, 1.807) is 0 Å². The highest BCUT2D eigenvalue weighted by Crippen LogP contribution is 2.47. The second-order valence-electron chi connectivity index (χ2n) is 5.70. The van der Waals surface area contributed by atoms with Crippen molar-refractivity contribution in [3.05, 3.63) is 41.0 Å². The van der Waals surface area contributed by atoms with Crippen LogP contribution in [0.1, 0.15) is 27.6 Å². The van der Waals surface area contributed by atoms with E-state index in [0.717, 1.165) is 0 Å². The minimum atomic E-state index is -0.896. The van der Waals surface area contributed by atoms with Crippen LogP contribution in [0.2, 0.25) is 0 Å². The Bertz CT molecular complexity index is 859. The summed E-state index contributed by atoms with van der Waals surface area (Å²) < 4.78 is 16.6. The van der Waals surface area contributed by atoms with Crippen LogP contribution in [-0.4, -0.2) is 34.3 Å². The smallest absolute Gasteiger partial charge is 0.203 e. The predicted octanol–water partition coefficient (Wildman–Crippen LogP) is 2.03. The van der Waals surface area contributed by atoms with Crippen LogP contribution in [0.5, 0.6) is 28.7 Å². The second-order valence-corrected chi connectivity index (χ2v) is 5.70. The summed E-state index contributed by atoms with van der Waals surface area (Å²) in [7, 11) is 1.40. The first-order valence-corrected chi connectivity index (χ1v) is 7.28. The molecule has 0 fully saturated rings. The Morgan fingerprint density at radius 2 is 1.83 bits per heavy atom. The van der Waals surface area contributed by atoms with Gasteiger partial charge in [0.15, 0.2) is 23.7 Å². The van der Waals surface area contributed by atoms with Crippen LogP contribution < -0.4 is 9.47 Å². The molecule has 0 radical (unpaired) electrons. The van der Waals surface area contributed by atoms with Crippen molar-refractivity contribution in [3.63, 3.8) is 0 Å². The third-order valence-corrected chi connectivity index (χ3v) is 4.27. The molecule has 0 spiro atoms. The van der Waals surface area contributed by atoms with Gasteiger partial charge in [-0.2, -0.15) is 0 Å². The van der Waals surface area contributed by atoms with Crippen LogP contribution in [0, 0.1) is 0 Å². The normalized spacial score (nSPS) is 21.3. The highest BCUT2D eigenvalue weighted by atomic mass is 16.6. The van der Waals surface area contributed by atoms with Crippen molar-refractivity contribution >= 4 is 5.78 Å². The van der Waals surface area contributed by atoms with E-state index in [2.05, 4.69) is 0 Å². The fraction of sp³-hybridized carbons (Fsp3) is 0.235. The number of carbonyl (C=O) groups excluding carboxylic acids is 1. The molecule has 4 rings (SSSR count). The summed E-state index contributed by atoms with van der Waals surface area (Å²) in [4.78, 5) is 12.8. The maximum atomic E-state index is 12.8. The van der Waals surface area contributed by atoms with E-state index < -0.39 is 12.2 Å². The van der Waals surface area contributed by atoms with Gasteiger partial charge in [0.1, 0.15) is 22.8 Å². The lowest BCUT2D eigenvalue weighted by atomic mass is 9.88. The molecule has 3 N–H and O–H groups in total. The van der Waals surface area contributed by atoms with Gasteiger partial charge in [-0.15, -0.1) is 0 Å². The highest BCUT2D eigenvalue weighted by Gasteiger charge is 2.44. The number of methoxy groups -OCH3 is 1. The lowest BCUT2D eigenvalue weighted by Gasteiger charge is -2.37. The van der Waals surface area contributed by atoms with Crippen molar-refractivity contribution in [3.8, 4) is 28.7 Å². The fourth-order valence-corrected chi connectivity index (χ4v) is 3.15. The van der Waals surface area contributed by atoms with Crippen LogP contribution in [0.3, 0.4) is 0 Å². The first kappa shape index (κ1) is 14.6. The van der Waals surface area contributed by atoms with Crippen LogP contribution in [0.15, 0.2) is 24.3 Å². The summed E-state index contributed by atoms with van der Waals surface area (Å²) >= 11 is 0. The molecular weight excluding hydrogens is 316 g/mol. The fourth-order valence-electron chi connectivity index (χ4n) is 3.15. The minimum absolute atomic E-state index is 0.0950. The molecule has 24 heavy (non-hydrogen) atoms. The Hall–Kier alpha value is -2.93. The maximum absolute atomic E-state index is 12.8. The van der Waals surface area contributed by atoms with E-state index >= 15 is 0 Å². The molecule has 0 saturated heterocycles. The maximum Gasteiger partial charge on any atom is 0.203 e. The van der Waals surface area contributed by atoms with Crippen molar-refractivity contribution in [1.82, 2.24) is 0 Å². The Kier molecular flexibility index (Phi) is 3.07. The molecular formula is C17H14O7. The topological polar surface area (TPSA) is 105 Å². The van der Waals surface area contributed by atoms with E-state index in [1.165, 1.54) is 31.4 Å². The van der Waals surface area contributed by atoms with Crippen molar-refractivity contribution in [2.75, 3.05) is 7.11 Å². The Morgan fingerprint density at radius 1 is 1.08 bits per heavy atom. The van der Waals surface area contributed by atoms with Crippen molar-refractivity contribution in [1.29, 1.82) is 0 Å². The van der Waals surface area contributed by atoms with Crippen molar-refractivity contribution in [2.24, 2.45) is 0 Å². The molecule has 2 aliphatic rings. The molecule has 0 bridgehead atoms. The zero-order valence-electron chi connectivity index (χ0n) is 12.6. The van der Waals surface area contributed by atoms with E-state index in [0.29, 0.717) is 11.1 Å². The number of benzene rings is 2. The number of ketones is 1. The summed E-state index contributed by atoms with van der Waals surface area (Å²) in [5, 5.41) is 29.2. The summed E-state index contributed by atoms with van der Waals surface area (Å²) in [6.07, 6.45) is -1.68. The summed E-state index contributed by atoms with van der Waals surface area (Å²) in [5.41, 5.74) is 1.39. The van der Waals surface area contributed by atoms with Gasteiger partial charge >= 0.3 is 0 Å². The molecule has 7 nitrogen and oxygen atoms in total. The first-order chi connectivity index (χ1) is 11.5. The van der Waals surface area contributed by atoms with Gasteiger partial charge in [-0.05, 0) is 17.7 Å². The lowest BCUT2D eigenvalue weighted by Crippen LogP contribution is -2.41. The Balaban J connectivity index is 1.87. The molecule has 2 heterocycles.